The van der Waals surface area contributed by atoms with Crippen LogP contribution in [-0.2, 0) is 4.79 Å². The molecule has 2 saturated heterocycles. The van der Waals surface area contributed by atoms with E-state index in [1.54, 1.807) is 0 Å². The number of thioether (sulfide) groups is 1. The van der Waals surface area contributed by atoms with E-state index in [1.807, 2.05) is 16.7 Å². The normalized spacial score (nSPS) is 31.5. The van der Waals surface area contributed by atoms with Gasteiger partial charge >= 0.3 is 0 Å². The number of rotatable bonds is 2. The van der Waals surface area contributed by atoms with Crippen molar-refractivity contribution >= 4 is 17.7 Å². The highest BCUT2D eigenvalue weighted by atomic mass is 32.2. The predicted molar refractivity (Wildman–Crippen MR) is 62.9 cm³/mol. The SMILES string of the molecule is CN(C)C1CCN(C(=O)C2CSCN2)C1. The Kier molecular flexibility index (Phi) is 3.53. The first-order valence-electron chi connectivity index (χ1n) is 5.45. The number of carbonyl (C=O) groups is 1. The lowest BCUT2D eigenvalue weighted by Gasteiger charge is -2.22. The van der Waals surface area contributed by atoms with Gasteiger partial charge in [-0.1, -0.05) is 0 Å². The molecule has 0 spiro atoms. The van der Waals surface area contributed by atoms with Gasteiger partial charge in [-0.3, -0.25) is 10.1 Å². The molecule has 2 aliphatic rings. The Balaban J connectivity index is 1.87. The number of likely N-dealkylation sites (N-methyl/N-ethyl adjacent to an activating group) is 1. The van der Waals surface area contributed by atoms with Crippen LogP contribution in [0.15, 0.2) is 0 Å². The van der Waals surface area contributed by atoms with Crippen LogP contribution in [0.5, 0.6) is 0 Å². The topological polar surface area (TPSA) is 35.6 Å². The van der Waals surface area contributed by atoms with Gasteiger partial charge in [-0.15, -0.1) is 11.8 Å². The standard InChI is InChI=1S/C10H19N3OS/c1-12(2)8-3-4-13(5-8)10(14)9-6-15-7-11-9/h8-9,11H,3-7H2,1-2H3. The quantitative estimate of drug-likeness (QED) is 0.712. The summed E-state index contributed by atoms with van der Waals surface area (Å²) in [6.07, 6.45) is 1.11. The molecule has 0 radical (unpaired) electrons. The fourth-order valence-corrected chi connectivity index (χ4v) is 3.07. The molecule has 0 bridgehead atoms. The minimum absolute atomic E-state index is 0.0657. The molecule has 2 fully saturated rings. The fraction of sp³-hybridized carbons (Fsp3) is 0.900. The summed E-state index contributed by atoms with van der Waals surface area (Å²) in [6, 6.07) is 0.610. The molecular weight excluding hydrogens is 210 g/mol. The van der Waals surface area contributed by atoms with Gasteiger partial charge in [0, 0.05) is 30.8 Å². The molecule has 1 amide bonds. The molecule has 1 N–H and O–H groups in total. The van der Waals surface area contributed by atoms with Crippen molar-refractivity contribution in [3.8, 4) is 0 Å². The zero-order chi connectivity index (χ0) is 10.8. The third kappa shape index (κ3) is 2.46. The van der Waals surface area contributed by atoms with Gasteiger partial charge in [0.15, 0.2) is 0 Å². The van der Waals surface area contributed by atoms with E-state index in [0.717, 1.165) is 31.1 Å². The van der Waals surface area contributed by atoms with Crippen LogP contribution in [-0.4, -0.2) is 66.6 Å². The molecule has 2 unspecified atom stereocenters. The van der Waals surface area contributed by atoms with Crippen molar-refractivity contribution in [1.82, 2.24) is 15.1 Å². The third-order valence-electron chi connectivity index (χ3n) is 3.22. The summed E-state index contributed by atoms with van der Waals surface area (Å²) < 4.78 is 0. The maximum atomic E-state index is 12.0. The van der Waals surface area contributed by atoms with Crippen molar-refractivity contribution < 1.29 is 4.79 Å². The highest BCUT2D eigenvalue weighted by Crippen LogP contribution is 2.17. The largest absolute Gasteiger partial charge is 0.340 e. The molecule has 2 heterocycles. The Morgan fingerprint density at radius 1 is 1.53 bits per heavy atom. The highest BCUT2D eigenvalue weighted by Gasteiger charge is 2.32. The van der Waals surface area contributed by atoms with E-state index in [9.17, 15) is 4.79 Å². The fourth-order valence-electron chi connectivity index (χ4n) is 2.14. The molecule has 0 aromatic carbocycles. The summed E-state index contributed by atoms with van der Waals surface area (Å²) in [5.41, 5.74) is 0. The van der Waals surface area contributed by atoms with Crippen molar-refractivity contribution in [2.45, 2.75) is 18.5 Å². The van der Waals surface area contributed by atoms with Crippen LogP contribution in [0.2, 0.25) is 0 Å². The van der Waals surface area contributed by atoms with Crippen LogP contribution in [0.4, 0.5) is 0 Å². The average molecular weight is 229 g/mol. The third-order valence-corrected chi connectivity index (χ3v) is 4.16. The molecule has 0 aliphatic carbocycles. The van der Waals surface area contributed by atoms with E-state index in [2.05, 4.69) is 24.3 Å². The molecule has 86 valence electrons. The summed E-state index contributed by atoms with van der Waals surface area (Å²) in [6.45, 7) is 1.82. The lowest BCUT2D eigenvalue weighted by Crippen LogP contribution is -2.45. The molecule has 2 rings (SSSR count). The smallest absolute Gasteiger partial charge is 0.240 e. The Morgan fingerprint density at radius 3 is 2.87 bits per heavy atom. The van der Waals surface area contributed by atoms with Crippen LogP contribution in [0.3, 0.4) is 0 Å². The molecule has 15 heavy (non-hydrogen) atoms. The summed E-state index contributed by atoms with van der Waals surface area (Å²) in [4.78, 5) is 16.3. The minimum atomic E-state index is 0.0657. The molecule has 4 nitrogen and oxygen atoms in total. The number of carbonyl (C=O) groups excluding carboxylic acids is 1. The summed E-state index contributed by atoms with van der Waals surface area (Å²) in [5.74, 6) is 2.15. The first-order valence-corrected chi connectivity index (χ1v) is 6.60. The number of nitrogens with one attached hydrogen (secondary N) is 1. The maximum absolute atomic E-state index is 12.0. The van der Waals surface area contributed by atoms with E-state index in [1.165, 1.54) is 0 Å². The van der Waals surface area contributed by atoms with Gasteiger partial charge in [0.25, 0.3) is 0 Å². The van der Waals surface area contributed by atoms with Gasteiger partial charge in [-0.25, -0.2) is 0 Å². The lowest BCUT2D eigenvalue weighted by atomic mass is 10.2. The Bertz CT molecular complexity index is 241. The van der Waals surface area contributed by atoms with Crippen molar-refractivity contribution in [3.63, 3.8) is 0 Å². The van der Waals surface area contributed by atoms with Crippen LogP contribution >= 0.6 is 11.8 Å². The van der Waals surface area contributed by atoms with Crippen molar-refractivity contribution in [2.24, 2.45) is 0 Å². The van der Waals surface area contributed by atoms with Gasteiger partial charge in [-0.2, -0.15) is 0 Å². The zero-order valence-electron chi connectivity index (χ0n) is 9.40. The Labute approximate surface area is 95.4 Å². The van der Waals surface area contributed by atoms with E-state index >= 15 is 0 Å². The van der Waals surface area contributed by atoms with Crippen LogP contribution in [0.1, 0.15) is 6.42 Å². The second-order valence-electron chi connectivity index (χ2n) is 4.46. The second-order valence-corrected chi connectivity index (χ2v) is 5.49. The first kappa shape index (κ1) is 11.2. The molecular formula is C10H19N3OS. The summed E-state index contributed by atoms with van der Waals surface area (Å²) in [5, 5.41) is 3.24. The monoisotopic (exact) mass is 229 g/mol. The number of amides is 1. The van der Waals surface area contributed by atoms with E-state index in [-0.39, 0.29) is 6.04 Å². The lowest BCUT2D eigenvalue weighted by molar-refractivity contribution is -0.131. The van der Waals surface area contributed by atoms with E-state index in [4.69, 9.17) is 0 Å². The van der Waals surface area contributed by atoms with Crippen LogP contribution in [0.25, 0.3) is 0 Å². The number of hydrogen-bond donors (Lipinski definition) is 1. The molecule has 0 aromatic rings. The van der Waals surface area contributed by atoms with Gasteiger partial charge < -0.3 is 9.80 Å². The van der Waals surface area contributed by atoms with Crippen molar-refractivity contribution in [1.29, 1.82) is 0 Å². The first-order chi connectivity index (χ1) is 7.18. The van der Waals surface area contributed by atoms with Crippen molar-refractivity contribution in [2.75, 3.05) is 38.8 Å². The predicted octanol–water partition coefficient (Wildman–Crippen LogP) is -0.189. The number of nitrogens with zero attached hydrogens (tertiary/aromatic N) is 2. The second kappa shape index (κ2) is 4.72. The molecule has 2 atom stereocenters. The number of likely N-dealkylation sites (tertiary alicyclic amines) is 1. The summed E-state index contributed by atoms with van der Waals surface area (Å²) in [7, 11) is 4.17. The Hall–Kier alpha value is -0.260. The minimum Gasteiger partial charge on any atom is -0.340 e. The van der Waals surface area contributed by atoms with Crippen molar-refractivity contribution in [3.05, 3.63) is 0 Å². The van der Waals surface area contributed by atoms with Crippen LogP contribution < -0.4 is 5.32 Å². The highest BCUT2D eigenvalue weighted by molar-refractivity contribution is 7.99. The summed E-state index contributed by atoms with van der Waals surface area (Å²) >= 11 is 1.81. The molecule has 0 aromatic heterocycles. The molecule has 0 saturated carbocycles. The van der Waals surface area contributed by atoms with Gasteiger partial charge in [0.1, 0.15) is 0 Å². The van der Waals surface area contributed by atoms with Gasteiger partial charge in [0.05, 0.1) is 6.04 Å². The van der Waals surface area contributed by atoms with E-state index in [0.29, 0.717) is 11.9 Å². The van der Waals surface area contributed by atoms with Gasteiger partial charge in [0.2, 0.25) is 5.91 Å². The van der Waals surface area contributed by atoms with Crippen LogP contribution in [0, 0.1) is 0 Å². The van der Waals surface area contributed by atoms with E-state index < -0.39 is 0 Å². The zero-order valence-corrected chi connectivity index (χ0v) is 10.2. The average Bonchev–Trinajstić information content (AvgIpc) is 2.88. The number of hydrogen-bond acceptors (Lipinski definition) is 4. The van der Waals surface area contributed by atoms with Gasteiger partial charge in [-0.05, 0) is 20.5 Å². The molecule has 2 aliphatic heterocycles. The Morgan fingerprint density at radius 2 is 2.33 bits per heavy atom. The molecule has 5 heteroatoms. The maximum Gasteiger partial charge on any atom is 0.240 e.